The minimum Gasteiger partial charge on any atom is -0.452 e. The third-order valence-electron chi connectivity index (χ3n) is 30.6. The summed E-state index contributed by atoms with van der Waals surface area (Å²) in [6.07, 6.45) is 0. The Bertz CT molecular complexity index is 8100. The second-order valence-corrected chi connectivity index (χ2v) is 43.7. The normalized spacial score (nSPS) is 13.7. The maximum Gasteiger partial charge on any atom is 0.252 e. The van der Waals surface area contributed by atoms with Crippen LogP contribution in [0.25, 0.3) is 89.0 Å². The second kappa shape index (κ2) is 31.6. The van der Waals surface area contributed by atoms with E-state index >= 15 is 0 Å². The van der Waals surface area contributed by atoms with Gasteiger partial charge in [0.25, 0.3) is 20.1 Å². The Hall–Kier alpha value is -15.8. The summed E-state index contributed by atoms with van der Waals surface area (Å²) in [6, 6.07) is 156. The quantitative estimate of drug-likeness (QED) is 0.113. The molecule has 0 bridgehead atoms. The van der Waals surface area contributed by atoms with Gasteiger partial charge in [0.1, 0.15) is 0 Å². The molecule has 7 aliphatic rings. The van der Waals surface area contributed by atoms with Crippen molar-refractivity contribution in [2.24, 2.45) is 0 Å². The highest BCUT2D eigenvalue weighted by Gasteiger charge is 2.57. The highest BCUT2D eigenvalue weighted by atomic mass is 16.5. The molecule has 7 heterocycles. The number of aryl methyl sites for hydroxylation is 1. The molecule has 19 aromatic carbocycles. The molecule has 9 heteroatoms. The Morgan fingerprint density at radius 1 is 0.186 bits per heavy atom. The molecular weight excluding hydrogens is 1690 g/mol. The standard InChI is InChI=1S/C131H106B3N5O/c1-81-62-116-120-117(63-81)137(102-72-94(86-46-30-18-31-47-86)66-95(73-102)87-48-32-19-33-49-87)114-79-115-111(78-110(114)133(120)107-59-55-99(129(5,6)7)77-113(107)135(116)100-68-90(82-38-22-14-23-39-82)64-91(69-100)83-40-24-15-25-41-83)134-109-61-57-105(131(11,12)13)127-124(109)139-123-108(60-56-104(126(123)140-127)130(8,9)10)132-106-58-54-98(128(2,3)4)76-112(106)136(101-70-92(84-42-26-16-27-43-84)65-93(71-101)85-44-28-17-29-45-85)118-80-119(122(134)125(139)121(118)132)138(115)103-74-96(88-50-34-20-35-51-88)67-97(75-103)89-52-36-21-37-53-89/h14-80H,1-13H3. The van der Waals surface area contributed by atoms with Crippen molar-refractivity contribution < 1.29 is 4.74 Å². The van der Waals surface area contributed by atoms with Gasteiger partial charge in [0.15, 0.2) is 11.5 Å². The van der Waals surface area contributed by atoms with Crippen molar-refractivity contribution in [2.45, 2.75) is 112 Å². The summed E-state index contributed by atoms with van der Waals surface area (Å²) in [4.78, 5) is 13.6. The van der Waals surface area contributed by atoms with Crippen LogP contribution >= 0.6 is 0 Å². The third kappa shape index (κ3) is 13.5. The molecule has 670 valence electrons. The van der Waals surface area contributed by atoms with Gasteiger partial charge in [-0.05, 0) is 293 Å². The molecule has 26 rings (SSSR count). The molecule has 140 heavy (non-hydrogen) atoms. The minimum absolute atomic E-state index is 0.227. The first-order chi connectivity index (χ1) is 67.9. The van der Waals surface area contributed by atoms with Gasteiger partial charge in [0.05, 0.1) is 11.4 Å². The Labute approximate surface area is 824 Å². The van der Waals surface area contributed by atoms with Crippen LogP contribution in [0.1, 0.15) is 111 Å². The average Bonchev–Trinajstić information content (AvgIpc) is 0.651. The summed E-state index contributed by atoms with van der Waals surface area (Å²) in [5.74, 6) is 1.84. The van der Waals surface area contributed by atoms with Crippen molar-refractivity contribution in [3.05, 3.63) is 434 Å². The maximum atomic E-state index is 8.34. The van der Waals surface area contributed by atoms with Crippen molar-refractivity contribution in [3.63, 3.8) is 0 Å². The topological polar surface area (TPSA) is 25.4 Å². The van der Waals surface area contributed by atoms with E-state index in [0.717, 1.165) is 191 Å². The Kier molecular flexibility index (Phi) is 19.1. The van der Waals surface area contributed by atoms with Crippen LogP contribution in [0.3, 0.4) is 0 Å². The van der Waals surface area contributed by atoms with Gasteiger partial charge in [-0.3, -0.25) is 0 Å². The van der Waals surface area contributed by atoms with Crippen LogP contribution in [0.5, 0.6) is 11.5 Å². The molecule has 0 unspecified atom stereocenters. The Balaban J connectivity index is 0.845. The summed E-state index contributed by atoms with van der Waals surface area (Å²) >= 11 is 0. The summed E-state index contributed by atoms with van der Waals surface area (Å²) in [5, 5.41) is 0. The molecule has 0 spiro atoms. The number of hydrogen-bond acceptors (Lipinski definition) is 6. The molecule has 0 saturated heterocycles. The van der Waals surface area contributed by atoms with Crippen LogP contribution in [-0.2, 0) is 21.7 Å². The lowest BCUT2D eigenvalue weighted by Gasteiger charge is -2.53. The highest BCUT2D eigenvalue weighted by molar-refractivity contribution is 7.06. The largest absolute Gasteiger partial charge is 0.452 e. The van der Waals surface area contributed by atoms with Crippen molar-refractivity contribution >= 4 is 155 Å². The minimum atomic E-state index is -0.396. The van der Waals surface area contributed by atoms with E-state index in [1.807, 2.05) is 0 Å². The number of fused-ring (bicyclic) bond motifs is 10. The summed E-state index contributed by atoms with van der Waals surface area (Å²) in [5.41, 5.74) is 50.9. The van der Waals surface area contributed by atoms with Crippen molar-refractivity contribution in [1.29, 1.82) is 0 Å². The summed E-state index contributed by atoms with van der Waals surface area (Å²) < 4.78 is 8.34. The van der Waals surface area contributed by atoms with Gasteiger partial charge in [0.2, 0.25) is 0 Å². The van der Waals surface area contributed by atoms with Gasteiger partial charge in [-0.15, -0.1) is 0 Å². The van der Waals surface area contributed by atoms with Gasteiger partial charge in [-0.25, -0.2) is 0 Å². The molecular formula is C131H106B3N5O. The van der Waals surface area contributed by atoms with E-state index in [9.17, 15) is 0 Å². The first kappa shape index (κ1) is 84.7. The molecule has 0 atom stereocenters. The number of ether oxygens (including phenoxy) is 1. The highest BCUT2D eigenvalue weighted by Crippen LogP contribution is 2.62. The number of anilines is 15. The predicted octanol–water partition coefficient (Wildman–Crippen LogP) is 29.4. The molecule has 0 aromatic heterocycles. The van der Waals surface area contributed by atoms with Crippen molar-refractivity contribution in [1.82, 2.24) is 0 Å². The van der Waals surface area contributed by atoms with E-state index in [0.29, 0.717) is 0 Å². The van der Waals surface area contributed by atoms with E-state index < -0.39 is 6.71 Å². The molecule has 0 N–H and O–H groups in total. The van der Waals surface area contributed by atoms with Gasteiger partial charge in [0, 0.05) is 85.1 Å². The smallest absolute Gasteiger partial charge is 0.252 e. The number of benzene rings is 19. The molecule has 0 aliphatic carbocycles. The lowest BCUT2D eigenvalue weighted by molar-refractivity contribution is 0.433. The molecule has 0 saturated carbocycles. The van der Waals surface area contributed by atoms with Gasteiger partial charge in [-0.1, -0.05) is 380 Å². The zero-order chi connectivity index (χ0) is 94.8. The van der Waals surface area contributed by atoms with E-state index in [1.165, 1.54) is 71.5 Å². The average molecular weight is 1800 g/mol. The van der Waals surface area contributed by atoms with Gasteiger partial charge in [-0.2, -0.15) is 0 Å². The van der Waals surface area contributed by atoms with Crippen LogP contribution in [0.4, 0.5) is 85.3 Å². The van der Waals surface area contributed by atoms with E-state index in [1.54, 1.807) is 0 Å². The number of rotatable bonds is 12. The van der Waals surface area contributed by atoms with Gasteiger partial charge >= 0.3 is 0 Å². The number of nitrogens with zero attached hydrogens (tertiary/aromatic N) is 5. The van der Waals surface area contributed by atoms with Crippen LogP contribution in [0.2, 0.25) is 0 Å². The van der Waals surface area contributed by atoms with Crippen LogP contribution in [0, 0.1) is 6.92 Å². The fourth-order valence-corrected chi connectivity index (χ4v) is 24.0. The zero-order valence-electron chi connectivity index (χ0n) is 81.6. The van der Waals surface area contributed by atoms with E-state index in [4.69, 9.17) is 4.74 Å². The summed E-state index contributed by atoms with van der Waals surface area (Å²) in [7, 11) is 0. The van der Waals surface area contributed by atoms with E-state index in [-0.39, 0.29) is 35.1 Å². The van der Waals surface area contributed by atoms with Gasteiger partial charge < -0.3 is 29.2 Å². The van der Waals surface area contributed by atoms with Crippen molar-refractivity contribution in [3.8, 4) is 101 Å². The SMILES string of the molecule is Cc1cc2c3c(c1)N(c1cc(-c4ccccc4)cc(-c4ccccc4)c1)c1cc4c(cc1B3c1ccc(C(C)(C)C)cc1N2c1cc(-c2ccccc2)cc(-c2ccccc2)c1)B1c2ccc(C(C)(C)C)c3c2N2c5c(ccc(C(C)(C)C)c5O3)B3c5ccc(C(C)(C)C)cc5N(c5cc(-c6ccccc6)cc(-c6ccccc6)c5)c5cc(c1c2c53)N4c1cc(-c2ccccc2)cc(-c2ccccc2)c1. The predicted molar refractivity (Wildman–Crippen MR) is 597 cm³/mol. The Morgan fingerprint density at radius 3 is 0.700 bits per heavy atom. The molecule has 0 fully saturated rings. The van der Waals surface area contributed by atoms with Crippen LogP contribution in [0.15, 0.2) is 406 Å². The lowest BCUT2D eigenvalue weighted by atomic mass is 9.27. The second-order valence-electron chi connectivity index (χ2n) is 43.7. The monoisotopic (exact) mass is 1800 g/mol. The zero-order valence-corrected chi connectivity index (χ0v) is 81.6. The molecule has 7 aliphatic heterocycles. The lowest BCUT2D eigenvalue weighted by Crippen LogP contribution is -2.70. The fraction of sp³-hybridized carbons (Fsp3) is 0.130. The fourth-order valence-electron chi connectivity index (χ4n) is 24.0. The summed E-state index contributed by atoms with van der Waals surface area (Å²) in [6.45, 7) is 29.8. The molecule has 19 aromatic rings. The van der Waals surface area contributed by atoms with E-state index in [2.05, 4.69) is 521 Å². The molecule has 6 nitrogen and oxygen atoms in total. The number of hydrogen-bond donors (Lipinski definition) is 0. The first-order valence-electron chi connectivity index (χ1n) is 49.8. The molecule has 0 amide bonds. The van der Waals surface area contributed by atoms with Crippen LogP contribution in [-0.4, -0.2) is 20.1 Å². The first-order valence-corrected chi connectivity index (χ1v) is 49.8. The maximum absolute atomic E-state index is 8.34. The van der Waals surface area contributed by atoms with Crippen molar-refractivity contribution in [2.75, 3.05) is 24.5 Å². The van der Waals surface area contributed by atoms with Crippen LogP contribution < -0.4 is 78.4 Å². The molecule has 0 radical (unpaired) electrons. The third-order valence-corrected chi connectivity index (χ3v) is 30.6. The Morgan fingerprint density at radius 2 is 0.429 bits per heavy atom.